The van der Waals surface area contributed by atoms with Crippen molar-refractivity contribution in [3.63, 3.8) is 0 Å². The topological polar surface area (TPSA) is 126 Å². The van der Waals surface area contributed by atoms with Crippen molar-refractivity contribution in [2.45, 2.75) is 44.5 Å². The molecule has 0 bridgehead atoms. The summed E-state index contributed by atoms with van der Waals surface area (Å²) >= 11 is 6.16. The fourth-order valence-electron chi connectivity index (χ4n) is 5.43. The first-order valence-corrected chi connectivity index (χ1v) is 13.1. The number of nitrogens with zero attached hydrogens (tertiary/aromatic N) is 4. The summed E-state index contributed by atoms with van der Waals surface area (Å²) in [6, 6.07) is 9.90. The van der Waals surface area contributed by atoms with E-state index in [4.69, 9.17) is 22.1 Å². The summed E-state index contributed by atoms with van der Waals surface area (Å²) in [5.41, 5.74) is 6.73. The Hall–Kier alpha value is -3.64. The van der Waals surface area contributed by atoms with Crippen LogP contribution in [0.2, 0.25) is 5.02 Å². The Labute approximate surface area is 233 Å². The molecule has 3 aromatic rings. The van der Waals surface area contributed by atoms with E-state index in [2.05, 4.69) is 20.3 Å². The molecule has 212 valence electrons. The second kappa shape index (κ2) is 10.7. The molecule has 2 atom stereocenters. The quantitative estimate of drug-likeness (QED) is 0.379. The Morgan fingerprint density at radius 3 is 2.60 bits per heavy atom. The summed E-state index contributed by atoms with van der Waals surface area (Å²) in [6.45, 7) is 3.41. The molecule has 1 spiro atoms. The monoisotopic (exact) mass is 576 g/mol. The average Bonchev–Trinajstić information content (AvgIpc) is 3.31. The van der Waals surface area contributed by atoms with Crippen LogP contribution in [-0.4, -0.2) is 57.9 Å². The van der Waals surface area contributed by atoms with Crippen molar-refractivity contribution in [2.75, 3.05) is 30.3 Å². The second-order valence-electron chi connectivity index (χ2n) is 10.3. The van der Waals surface area contributed by atoms with Crippen LogP contribution in [-0.2, 0) is 4.79 Å². The number of carboxylic acids is 1. The van der Waals surface area contributed by atoms with Crippen LogP contribution in [0.3, 0.4) is 0 Å². The molecule has 0 radical (unpaired) electrons. The number of halogens is 4. The van der Waals surface area contributed by atoms with Gasteiger partial charge in [-0.25, -0.2) is 0 Å². The first-order chi connectivity index (χ1) is 18.9. The van der Waals surface area contributed by atoms with Gasteiger partial charge in [0.2, 0.25) is 17.9 Å². The van der Waals surface area contributed by atoms with Gasteiger partial charge in [-0.3, -0.25) is 9.78 Å². The van der Waals surface area contributed by atoms with E-state index in [1.54, 1.807) is 25.1 Å². The first kappa shape index (κ1) is 27.9. The highest BCUT2D eigenvalue weighted by Crippen LogP contribution is 2.43. The second-order valence-corrected chi connectivity index (χ2v) is 10.8. The molecule has 0 aliphatic carbocycles. The number of rotatable bonds is 6. The highest BCUT2D eigenvalue weighted by molar-refractivity contribution is 6.30. The Morgan fingerprint density at radius 1 is 1.20 bits per heavy atom. The number of nitrogens with two attached hydrogens (primary N) is 1. The molecule has 1 aromatic carbocycles. The highest BCUT2D eigenvalue weighted by Gasteiger charge is 2.46. The molecule has 2 aliphatic heterocycles. The molecule has 13 heteroatoms. The minimum Gasteiger partial charge on any atom is -0.480 e. The summed E-state index contributed by atoms with van der Waals surface area (Å²) in [5, 5.41) is 12.6. The molecule has 9 nitrogen and oxygen atoms in total. The van der Waals surface area contributed by atoms with Gasteiger partial charge < -0.3 is 25.8 Å². The number of hydrogen-bond donors (Lipinski definition) is 3. The number of aromatic nitrogens is 3. The van der Waals surface area contributed by atoms with Crippen molar-refractivity contribution in [2.24, 2.45) is 5.41 Å². The zero-order valence-electron chi connectivity index (χ0n) is 21.6. The van der Waals surface area contributed by atoms with Gasteiger partial charge in [-0.2, -0.15) is 23.1 Å². The van der Waals surface area contributed by atoms with E-state index in [0.717, 1.165) is 0 Å². The van der Waals surface area contributed by atoms with Crippen molar-refractivity contribution >= 4 is 29.3 Å². The molecule has 5 rings (SSSR count). The largest absolute Gasteiger partial charge is 0.480 e. The lowest BCUT2D eigenvalue weighted by Gasteiger charge is -2.39. The van der Waals surface area contributed by atoms with Gasteiger partial charge in [0.25, 0.3) is 0 Å². The molecular weight excluding hydrogens is 549 g/mol. The molecule has 4 heterocycles. The minimum atomic E-state index is -4.81. The molecule has 1 unspecified atom stereocenters. The third-order valence-corrected chi connectivity index (χ3v) is 7.75. The summed E-state index contributed by atoms with van der Waals surface area (Å²) in [6.07, 6.45) is -5.26. The lowest BCUT2D eigenvalue weighted by atomic mass is 9.76. The first-order valence-electron chi connectivity index (χ1n) is 12.7. The fourth-order valence-corrected chi connectivity index (χ4v) is 5.61. The van der Waals surface area contributed by atoms with Crippen molar-refractivity contribution in [1.29, 1.82) is 0 Å². The van der Waals surface area contributed by atoms with Gasteiger partial charge in [0.1, 0.15) is 11.9 Å². The van der Waals surface area contributed by atoms with E-state index < -0.39 is 24.3 Å². The lowest BCUT2D eigenvalue weighted by Crippen LogP contribution is -2.41. The number of carbonyl (C=O) groups is 1. The highest BCUT2D eigenvalue weighted by atomic mass is 35.5. The third-order valence-electron chi connectivity index (χ3n) is 7.51. The number of anilines is 2. The normalized spacial score (nSPS) is 19.5. The summed E-state index contributed by atoms with van der Waals surface area (Å²) in [7, 11) is 0. The Kier molecular flexibility index (Phi) is 7.49. The van der Waals surface area contributed by atoms with Gasteiger partial charge in [0.05, 0.1) is 5.69 Å². The number of alkyl halides is 3. The van der Waals surface area contributed by atoms with Gasteiger partial charge >= 0.3 is 12.1 Å². The number of piperidine rings is 1. The zero-order chi connectivity index (χ0) is 28.7. The lowest BCUT2D eigenvalue weighted by molar-refractivity contribution is -0.198. The number of aliphatic carboxylic acids is 1. The van der Waals surface area contributed by atoms with Crippen LogP contribution in [0, 0.1) is 12.3 Å². The predicted molar refractivity (Wildman–Crippen MR) is 143 cm³/mol. The summed E-state index contributed by atoms with van der Waals surface area (Å²) in [5.74, 6) is -1.07. The van der Waals surface area contributed by atoms with Crippen LogP contribution in [0.5, 0.6) is 5.88 Å². The molecule has 2 saturated heterocycles. The molecule has 0 amide bonds. The third kappa shape index (κ3) is 5.92. The van der Waals surface area contributed by atoms with E-state index >= 15 is 0 Å². The van der Waals surface area contributed by atoms with E-state index in [1.165, 1.54) is 24.3 Å². The number of nitrogen functional groups attached to an aromatic ring is 1. The molecule has 4 N–H and O–H groups in total. The fraction of sp³-hybridized carbons (Fsp3) is 0.407. The van der Waals surface area contributed by atoms with Gasteiger partial charge in [0.15, 0.2) is 0 Å². The molecule has 2 aliphatic rings. The Bertz CT molecular complexity index is 1410. The number of hydrogen-bond acceptors (Lipinski definition) is 8. The Balaban J connectivity index is 1.41. The predicted octanol–water partition coefficient (Wildman–Crippen LogP) is 4.80. The van der Waals surface area contributed by atoms with E-state index in [0.29, 0.717) is 56.1 Å². The van der Waals surface area contributed by atoms with Crippen molar-refractivity contribution < 1.29 is 27.8 Å². The average molecular weight is 577 g/mol. The summed E-state index contributed by atoms with van der Waals surface area (Å²) in [4.78, 5) is 25.8. The van der Waals surface area contributed by atoms with Crippen molar-refractivity contribution in [3.8, 4) is 17.1 Å². The number of pyridine rings is 1. The molecule has 40 heavy (non-hydrogen) atoms. The zero-order valence-corrected chi connectivity index (χ0v) is 22.3. The van der Waals surface area contributed by atoms with Crippen LogP contribution in [0.15, 0.2) is 42.5 Å². The van der Waals surface area contributed by atoms with Crippen LogP contribution in [0.25, 0.3) is 11.3 Å². The maximum absolute atomic E-state index is 14.5. The number of benzene rings is 1. The molecular formula is C27H28ClF3N6O3. The molecule has 0 saturated carbocycles. The van der Waals surface area contributed by atoms with Gasteiger partial charge in [-0.1, -0.05) is 23.7 Å². The standard InChI is InChI=1S/C27H28ClF3N6O3/c1-15-3-2-4-19(34-15)18-11-16(28)5-6-17(18)23(27(29,30)31)40-22-12-21(35-25(32)36-22)37-9-7-26(8-10-37)13-20(24(38)39)33-14-26/h2-6,11-12,20,23,33H,7-10,13-14H2,1H3,(H,38,39)(H2,32,35,36)/t20-,23?/m0/s1. The van der Waals surface area contributed by atoms with E-state index in [9.17, 15) is 23.1 Å². The minimum absolute atomic E-state index is 0.145. The maximum atomic E-state index is 14.5. The van der Waals surface area contributed by atoms with Crippen LogP contribution in [0.1, 0.15) is 36.6 Å². The smallest absolute Gasteiger partial charge is 0.429 e. The van der Waals surface area contributed by atoms with E-state index in [1.807, 2.05) is 4.90 Å². The number of aryl methyl sites for hydroxylation is 1. The summed E-state index contributed by atoms with van der Waals surface area (Å²) < 4.78 is 48.9. The number of carboxylic acid groups (broad SMARTS) is 1. The Morgan fingerprint density at radius 2 is 1.95 bits per heavy atom. The molecule has 2 fully saturated rings. The van der Waals surface area contributed by atoms with Crippen LogP contribution in [0.4, 0.5) is 24.9 Å². The van der Waals surface area contributed by atoms with Crippen molar-refractivity contribution in [1.82, 2.24) is 20.3 Å². The van der Waals surface area contributed by atoms with Gasteiger partial charge in [0, 0.05) is 47.5 Å². The van der Waals surface area contributed by atoms with Gasteiger partial charge in [-0.15, -0.1) is 0 Å². The van der Waals surface area contributed by atoms with Gasteiger partial charge in [-0.05, 0) is 55.9 Å². The van der Waals surface area contributed by atoms with E-state index in [-0.39, 0.29) is 33.4 Å². The van der Waals surface area contributed by atoms with Crippen LogP contribution >= 0.6 is 11.6 Å². The number of ether oxygens (including phenoxy) is 1. The maximum Gasteiger partial charge on any atom is 0.429 e. The SMILES string of the molecule is Cc1cccc(-c2cc(Cl)ccc2C(Oc2cc(N3CCC4(CC3)CN[C@H](C(=O)O)C4)nc(N)n2)C(F)(F)F)n1. The van der Waals surface area contributed by atoms with Crippen molar-refractivity contribution in [3.05, 3.63) is 58.7 Å². The molecule has 2 aromatic heterocycles. The van der Waals surface area contributed by atoms with Crippen LogP contribution < -0.4 is 20.7 Å². The number of nitrogens with one attached hydrogen (secondary N) is 1.